The van der Waals surface area contributed by atoms with Gasteiger partial charge in [-0.3, -0.25) is 9.59 Å². The molecule has 2 amide bonds. The zero-order chi connectivity index (χ0) is 19.1. The van der Waals surface area contributed by atoms with Gasteiger partial charge in [-0.2, -0.15) is 0 Å². The molecule has 0 unspecified atom stereocenters. The van der Waals surface area contributed by atoms with E-state index in [1.807, 2.05) is 48.5 Å². The van der Waals surface area contributed by atoms with Crippen molar-refractivity contribution in [2.75, 3.05) is 11.9 Å². The van der Waals surface area contributed by atoms with Crippen LogP contribution in [-0.2, 0) is 9.59 Å². The van der Waals surface area contributed by atoms with E-state index in [0.29, 0.717) is 18.1 Å². The number of likely N-dealkylation sites (tertiary alicyclic amines) is 1. The fraction of sp³-hybridized carbons (Fsp3) is 0.318. The lowest BCUT2D eigenvalue weighted by molar-refractivity contribution is -0.137. The third-order valence-corrected chi connectivity index (χ3v) is 5.46. The van der Waals surface area contributed by atoms with Crippen LogP contribution in [0.25, 0.3) is 22.6 Å². The summed E-state index contributed by atoms with van der Waals surface area (Å²) in [6, 6.07) is 14.7. The van der Waals surface area contributed by atoms with Crippen molar-refractivity contribution in [2.45, 2.75) is 31.7 Å². The number of aromatic nitrogens is 1. The Morgan fingerprint density at radius 3 is 2.57 bits per heavy atom. The molecule has 1 aromatic heterocycles. The van der Waals surface area contributed by atoms with Crippen LogP contribution >= 0.6 is 0 Å². The molecule has 2 heterocycles. The molecule has 2 fully saturated rings. The molecule has 1 aliphatic heterocycles. The smallest absolute Gasteiger partial charge is 0.247 e. The molecule has 28 heavy (non-hydrogen) atoms. The summed E-state index contributed by atoms with van der Waals surface area (Å²) in [4.78, 5) is 31.3. The molecule has 1 saturated carbocycles. The van der Waals surface area contributed by atoms with Gasteiger partial charge in [0, 0.05) is 23.7 Å². The summed E-state index contributed by atoms with van der Waals surface area (Å²) < 4.78 is 5.78. The van der Waals surface area contributed by atoms with E-state index in [0.717, 1.165) is 42.3 Å². The highest BCUT2D eigenvalue weighted by Crippen LogP contribution is 2.34. The zero-order valence-corrected chi connectivity index (χ0v) is 15.4. The van der Waals surface area contributed by atoms with E-state index >= 15 is 0 Å². The first kappa shape index (κ1) is 17.0. The molecule has 2 aliphatic rings. The summed E-state index contributed by atoms with van der Waals surface area (Å²) in [7, 11) is 0. The molecule has 5 rings (SSSR count). The first-order valence-corrected chi connectivity index (χ1v) is 9.76. The average Bonchev–Trinajstić information content (AvgIpc) is 3.28. The molecule has 1 aliphatic carbocycles. The van der Waals surface area contributed by atoms with E-state index in [1.165, 1.54) is 0 Å². The second-order valence-corrected chi connectivity index (χ2v) is 7.52. The molecule has 1 saturated heterocycles. The Kier molecular flexibility index (Phi) is 4.11. The summed E-state index contributed by atoms with van der Waals surface area (Å²) in [5.74, 6) is 0.727. The number of fused-ring (bicyclic) bond motifs is 1. The standard InChI is InChI=1S/C22H21N3O3/c26-20(18-5-3-13-25(18)22(27)15-7-8-15)23-16-11-9-14(10-12-16)21-24-17-4-1-2-6-19(17)28-21/h1-2,4,6,9-12,15,18H,3,5,7-8,13H2,(H,23,26)/t18-/m1/s1. The molecule has 1 N–H and O–H groups in total. The van der Waals surface area contributed by atoms with Crippen molar-refractivity contribution < 1.29 is 14.0 Å². The maximum atomic E-state index is 12.7. The number of oxazole rings is 1. The van der Waals surface area contributed by atoms with Crippen molar-refractivity contribution in [2.24, 2.45) is 5.92 Å². The second kappa shape index (κ2) is 6.78. The van der Waals surface area contributed by atoms with Crippen LogP contribution < -0.4 is 5.32 Å². The molecule has 1 atom stereocenters. The SMILES string of the molecule is O=C(Nc1ccc(-c2nc3ccccc3o2)cc1)[C@H]1CCCN1C(=O)C1CC1. The topological polar surface area (TPSA) is 75.4 Å². The number of carbonyl (C=O) groups is 2. The maximum Gasteiger partial charge on any atom is 0.247 e. The van der Waals surface area contributed by atoms with Gasteiger partial charge in [0.2, 0.25) is 17.7 Å². The number of carbonyl (C=O) groups excluding carboxylic acids is 2. The van der Waals surface area contributed by atoms with Crippen molar-refractivity contribution in [1.82, 2.24) is 9.88 Å². The van der Waals surface area contributed by atoms with Gasteiger partial charge in [-0.05, 0) is 62.1 Å². The Morgan fingerprint density at radius 1 is 1.04 bits per heavy atom. The molecule has 142 valence electrons. The third kappa shape index (κ3) is 3.15. The number of nitrogens with zero attached hydrogens (tertiary/aromatic N) is 2. The molecule has 2 aromatic carbocycles. The van der Waals surface area contributed by atoms with Gasteiger partial charge in [-0.25, -0.2) is 4.98 Å². The van der Waals surface area contributed by atoms with Crippen LogP contribution in [0.5, 0.6) is 0 Å². The second-order valence-electron chi connectivity index (χ2n) is 7.52. The first-order valence-electron chi connectivity index (χ1n) is 9.76. The van der Waals surface area contributed by atoms with Crippen molar-refractivity contribution >= 4 is 28.6 Å². The number of para-hydroxylation sites is 2. The van der Waals surface area contributed by atoms with Gasteiger partial charge in [0.15, 0.2) is 5.58 Å². The fourth-order valence-electron chi connectivity index (χ4n) is 3.79. The van der Waals surface area contributed by atoms with Crippen LogP contribution in [0.4, 0.5) is 5.69 Å². The summed E-state index contributed by atoms with van der Waals surface area (Å²) in [5.41, 5.74) is 3.12. The number of amides is 2. The van der Waals surface area contributed by atoms with Gasteiger partial charge < -0.3 is 14.6 Å². The van der Waals surface area contributed by atoms with E-state index < -0.39 is 0 Å². The molecular weight excluding hydrogens is 354 g/mol. The largest absolute Gasteiger partial charge is 0.436 e. The minimum absolute atomic E-state index is 0.110. The number of nitrogens with one attached hydrogen (secondary N) is 1. The summed E-state index contributed by atoms with van der Waals surface area (Å²) in [5, 5.41) is 2.95. The quantitative estimate of drug-likeness (QED) is 0.752. The van der Waals surface area contributed by atoms with Crippen molar-refractivity contribution in [3.05, 3.63) is 48.5 Å². The number of hydrogen-bond acceptors (Lipinski definition) is 4. The van der Waals surface area contributed by atoms with E-state index in [9.17, 15) is 9.59 Å². The van der Waals surface area contributed by atoms with Crippen LogP contribution in [-0.4, -0.2) is 34.3 Å². The van der Waals surface area contributed by atoms with E-state index in [-0.39, 0.29) is 23.8 Å². The van der Waals surface area contributed by atoms with E-state index in [2.05, 4.69) is 10.3 Å². The number of benzene rings is 2. The van der Waals surface area contributed by atoms with Gasteiger partial charge in [0.05, 0.1) is 0 Å². The van der Waals surface area contributed by atoms with Gasteiger partial charge in [-0.1, -0.05) is 12.1 Å². The Labute approximate surface area is 162 Å². The Hall–Kier alpha value is -3.15. The lowest BCUT2D eigenvalue weighted by atomic mass is 10.1. The summed E-state index contributed by atoms with van der Waals surface area (Å²) >= 11 is 0. The zero-order valence-electron chi connectivity index (χ0n) is 15.4. The predicted octanol–water partition coefficient (Wildman–Crippen LogP) is 3.83. The van der Waals surface area contributed by atoms with E-state index in [4.69, 9.17) is 4.42 Å². The van der Waals surface area contributed by atoms with Crippen LogP contribution in [0.1, 0.15) is 25.7 Å². The van der Waals surface area contributed by atoms with Crippen molar-refractivity contribution in [3.8, 4) is 11.5 Å². The predicted molar refractivity (Wildman–Crippen MR) is 106 cm³/mol. The minimum atomic E-state index is -0.357. The molecule has 0 bridgehead atoms. The van der Waals surface area contributed by atoms with Gasteiger partial charge in [-0.15, -0.1) is 0 Å². The lowest BCUT2D eigenvalue weighted by Crippen LogP contribution is -2.43. The Balaban J connectivity index is 1.29. The van der Waals surface area contributed by atoms with Gasteiger partial charge in [0.25, 0.3) is 0 Å². The van der Waals surface area contributed by atoms with Crippen LogP contribution in [0.2, 0.25) is 0 Å². The van der Waals surface area contributed by atoms with Crippen LogP contribution in [0, 0.1) is 5.92 Å². The van der Waals surface area contributed by atoms with Crippen LogP contribution in [0.15, 0.2) is 52.9 Å². The normalized spacial score (nSPS) is 19.1. The van der Waals surface area contributed by atoms with E-state index in [1.54, 1.807) is 4.90 Å². The fourth-order valence-corrected chi connectivity index (χ4v) is 3.79. The highest BCUT2D eigenvalue weighted by Gasteiger charge is 2.40. The monoisotopic (exact) mass is 375 g/mol. The summed E-state index contributed by atoms with van der Waals surface area (Å²) in [6.45, 7) is 0.685. The average molecular weight is 375 g/mol. The highest BCUT2D eigenvalue weighted by atomic mass is 16.3. The first-order chi connectivity index (χ1) is 13.7. The van der Waals surface area contributed by atoms with Gasteiger partial charge in [0.1, 0.15) is 11.6 Å². The summed E-state index contributed by atoms with van der Waals surface area (Å²) in [6.07, 6.45) is 3.53. The molecule has 0 radical (unpaired) electrons. The van der Waals surface area contributed by atoms with Crippen molar-refractivity contribution in [1.29, 1.82) is 0 Å². The third-order valence-electron chi connectivity index (χ3n) is 5.46. The molecule has 6 heteroatoms. The Morgan fingerprint density at radius 2 is 1.82 bits per heavy atom. The Bertz CT molecular complexity index is 1000. The van der Waals surface area contributed by atoms with Crippen molar-refractivity contribution in [3.63, 3.8) is 0 Å². The number of rotatable bonds is 4. The minimum Gasteiger partial charge on any atom is -0.436 e. The molecular formula is C22H21N3O3. The lowest BCUT2D eigenvalue weighted by Gasteiger charge is -2.24. The molecule has 0 spiro atoms. The number of anilines is 1. The highest BCUT2D eigenvalue weighted by molar-refractivity contribution is 5.98. The van der Waals surface area contributed by atoms with Crippen LogP contribution in [0.3, 0.4) is 0 Å². The van der Waals surface area contributed by atoms with Gasteiger partial charge >= 0.3 is 0 Å². The number of hydrogen-bond donors (Lipinski definition) is 1. The maximum absolute atomic E-state index is 12.7. The molecule has 3 aromatic rings. The molecule has 6 nitrogen and oxygen atoms in total.